The van der Waals surface area contributed by atoms with Crippen molar-refractivity contribution in [3.63, 3.8) is 0 Å². The summed E-state index contributed by atoms with van der Waals surface area (Å²) < 4.78 is 10.8. The molecule has 0 spiro atoms. The first kappa shape index (κ1) is 29.1. The normalized spacial score (nSPS) is 11.6. The predicted octanol–water partition coefficient (Wildman–Crippen LogP) is 2.75. The van der Waals surface area contributed by atoms with Crippen LogP contribution in [0.15, 0.2) is 34.3 Å². The summed E-state index contributed by atoms with van der Waals surface area (Å²) in [6.07, 6.45) is 5.16. The Morgan fingerprint density at radius 3 is 1.47 bits per heavy atom. The molecule has 0 atom stereocenters. The fourth-order valence-electron chi connectivity index (χ4n) is 3.63. The molecule has 0 aliphatic carbocycles. The van der Waals surface area contributed by atoms with E-state index in [-0.39, 0.29) is 11.5 Å². The van der Waals surface area contributed by atoms with Crippen LogP contribution < -0.4 is 30.3 Å². The summed E-state index contributed by atoms with van der Waals surface area (Å²) in [4.78, 5) is 8.80. The van der Waals surface area contributed by atoms with Crippen molar-refractivity contribution in [2.75, 3.05) is 52.5 Å². The Balaban J connectivity index is 1.52. The largest absolute Gasteiger partial charge is 0.872 e. The molecule has 2 aromatic carbocycles. The number of aliphatic imine (C=N–C) groups is 2. The highest BCUT2D eigenvalue weighted by Gasteiger charge is 2.02. The topological polar surface area (TPSA) is 113 Å². The molecular formula is C28H40N4O4-2. The van der Waals surface area contributed by atoms with Crippen LogP contribution in [0.5, 0.6) is 23.0 Å². The highest BCUT2D eigenvalue weighted by molar-refractivity contribution is 5.86. The highest BCUT2D eigenvalue weighted by Crippen LogP contribution is 2.25. The quantitative estimate of drug-likeness (QED) is 0.257. The third-order valence-electron chi connectivity index (χ3n) is 5.47. The van der Waals surface area contributed by atoms with Gasteiger partial charge in [-0.05, 0) is 100 Å². The van der Waals surface area contributed by atoms with Crippen molar-refractivity contribution in [2.24, 2.45) is 9.98 Å². The van der Waals surface area contributed by atoms with Crippen LogP contribution in [0.3, 0.4) is 0 Å². The first-order valence-electron chi connectivity index (χ1n) is 12.8. The Bertz CT molecular complexity index is 866. The van der Waals surface area contributed by atoms with E-state index in [1.807, 2.05) is 39.8 Å². The monoisotopic (exact) mass is 496 g/mol. The van der Waals surface area contributed by atoms with Gasteiger partial charge >= 0.3 is 0 Å². The zero-order chi connectivity index (χ0) is 26.2. The summed E-state index contributed by atoms with van der Waals surface area (Å²) in [6, 6.07) is 6.78. The predicted molar refractivity (Wildman–Crippen MR) is 143 cm³/mol. The Morgan fingerprint density at radius 2 is 1.11 bits per heavy atom. The summed E-state index contributed by atoms with van der Waals surface area (Å²) in [6.45, 7) is 13.5. The SMILES string of the molecule is CCOc1cc(C)c(C=NCCCNCCNCCCN=Cc2c(C)cc(OCC)cc2[O-])c([O-])c1. The van der Waals surface area contributed by atoms with Crippen LogP contribution in [0.4, 0.5) is 0 Å². The van der Waals surface area contributed by atoms with Crippen LogP contribution >= 0.6 is 0 Å². The molecule has 0 aliphatic heterocycles. The number of hydrogen-bond donors (Lipinski definition) is 2. The molecule has 8 heteroatoms. The summed E-state index contributed by atoms with van der Waals surface area (Å²) in [5.74, 6) is 1.11. The number of nitrogens with one attached hydrogen (secondary N) is 2. The van der Waals surface area contributed by atoms with Crippen molar-refractivity contribution in [1.82, 2.24) is 10.6 Å². The fourth-order valence-corrected chi connectivity index (χ4v) is 3.63. The minimum Gasteiger partial charge on any atom is -0.872 e. The Hall–Kier alpha value is -3.10. The lowest BCUT2D eigenvalue weighted by atomic mass is 10.1. The first-order chi connectivity index (χ1) is 17.5. The molecule has 198 valence electrons. The van der Waals surface area contributed by atoms with Crippen LogP contribution in [0.1, 0.15) is 48.9 Å². The molecule has 2 aromatic rings. The molecule has 2 N–H and O–H groups in total. The zero-order valence-corrected chi connectivity index (χ0v) is 22.1. The van der Waals surface area contributed by atoms with E-state index in [1.165, 1.54) is 12.1 Å². The molecule has 0 fully saturated rings. The van der Waals surface area contributed by atoms with Gasteiger partial charge < -0.3 is 30.3 Å². The molecule has 0 amide bonds. The van der Waals surface area contributed by atoms with Gasteiger partial charge in [0.05, 0.1) is 13.2 Å². The van der Waals surface area contributed by atoms with Crippen LogP contribution in [0.25, 0.3) is 0 Å². The van der Waals surface area contributed by atoms with Crippen LogP contribution in [-0.4, -0.2) is 64.9 Å². The molecule has 0 bridgehead atoms. The van der Waals surface area contributed by atoms with Crippen molar-refractivity contribution < 1.29 is 19.7 Å². The van der Waals surface area contributed by atoms with Crippen molar-refractivity contribution in [1.29, 1.82) is 0 Å². The molecule has 2 rings (SSSR count). The van der Waals surface area contributed by atoms with Crippen molar-refractivity contribution in [3.8, 4) is 23.0 Å². The van der Waals surface area contributed by atoms with Gasteiger partial charge in [0.2, 0.25) is 0 Å². The second-order valence-corrected chi connectivity index (χ2v) is 8.45. The van der Waals surface area contributed by atoms with Gasteiger partial charge in [-0.25, -0.2) is 0 Å². The lowest BCUT2D eigenvalue weighted by molar-refractivity contribution is -0.269. The van der Waals surface area contributed by atoms with E-state index in [1.54, 1.807) is 12.4 Å². The minimum atomic E-state index is -0.0569. The standard InChI is InChI=1S/C28H42N4O4/c1-5-35-23-15-21(3)25(27(33)17-23)19-31-11-7-9-29-13-14-30-10-8-12-32-20-26-22(4)16-24(36-6-2)18-28(26)34/h15-20,29-30,33-34H,5-14H2,1-4H3/p-2. The number of rotatable bonds is 17. The van der Waals surface area contributed by atoms with Gasteiger partial charge in [0, 0.05) is 38.6 Å². The molecule has 0 aromatic heterocycles. The number of ether oxygens (including phenoxy) is 2. The maximum Gasteiger partial charge on any atom is 0.118 e. The number of hydrogen-bond acceptors (Lipinski definition) is 8. The van der Waals surface area contributed by atoms with Crippen molar-refractivity contribution >= 4 is 12.4 Å². The molecule has 0 saturated carbocycles. The molecule has 36 heavy (non-hydrogen) atoms. The summed E-state index contributed by atoms with van der Waals surface area (Å²) in [7, 11) is 0. The van der Waals surface area contributed by atoms with Crippen molar-refractivity contribution in [2.45, 2.75) is 40.5 Å². The van der Waals surface area contributed by atoms with Crippen molar-refractivity contribution in [3.05, 3.63) is 46.5 Å². The van der Waals surface area contributed by atoms with E-state index >= 15 is 0 Å². The molecule has 0 aliphatic rings. The average Bonchev–Trinajstić information content (AvgIpc) is 2.82. The second-order valence-electron chi connectivity index (χ2n) is 8.45. The van der Waals surface area contributed by atoms with Gasteiger partial charge in [0.15, 0.2) is 0 Å². The first-order valence-corrected chi connectivity index (χ1v) is 12.8. The van der Waals surface area contributed by atoms with E-state index in [0.717, 1.165) is 50.1 Å². The average molecular weight is 497 g/mol. The summed E-state index contributed by atoms with van der Waals surface area (Å²) >= 11 is 0. The smallest absolute Gasteiger partial charge is 0.118 e. The van der Waals surface area contributed by atoms with Crippen LogP contribution in [-0.2, 0) is 0 Å². The molecule has 0 saturated heterocycles. The maximum absolute atomic E-state index is 12.2. The maximum atomic E-state index is 12.2. The van der Waals surface area contributed by atoms with E-state index in [2.05, 4.69) is 20.6 Å². The van der Waals surface area contributed by atoms with Crippen LogP contribution in [0.2, 0.25) is 0 Å². The number of aryl methyl sites for hydroxylation is 2. The van der Waals surface area contributed by atoms with Gasteiger partial charge in [-0.3, -0.25) is 9.98 Å². The third-order valence-corrected chi connectivity index (χ3v) is 5.47. The van der Waals surface area contributed by atoms with Gasteiger partial charge in [-0.2, -0.15) is 0 Å². The Morgan fingerprint density at radius 1 is 0.694 bits per heavy atom. The highest BCUT2D eigenvalue weighted by atomic mass is 16.5. The van der Waals surface area contributed by atoms with Gasteiger partial charge in [-0.1, -0.05) is 11.5 Å². The second kappa shape index (κ2) is 16.5. The molecule has 0 radical (unpaired) electrons. The van der Waals surface area contributed by atoms with E-state index in [9.17, 15) is 10.2 Å². The minimum absolute atomic E-state index is 0.0569. The molecular weight excluding hydrogens is 456 g/mol. The fraction of sp³-hybridized carbons (Fsp3) is 0.500. The van der Waals surface area contributed by atoms with E-state index in [4.69, 9.17) is 9.47 Å². The lowest BCUT2D eigenvalue weighted by Crippen LogP contribution is -2.29. The van der Waals surface area contributed by atoms with Gasteiger partial charge in [0.1, 0.15) is 11.5 Å². The zero-order valence-electron chi connectivity index (χ0n) is 22.1. The molecule has 0 unspecified atom stereocenters. The molecule has 8 nitrogen and oxygen atoms in total. The van der Waals surface area contributed by atoms with E-state index < -0.39 is 0 Å². The Kier molecular flexibility index (Phi) is 13.4. The van der Waals surface area contributed by atoms with E-state index in [0.29, 0.717) is 48.9 Å². The Labute approximate surface area is 215 Å². The third kappa shape index (κ3) is 10.3. The number of benzene rings is 2. The molecule has 0 heterocycles. The summed E-state index contributed by atoms with van der Waals surface area (Å²) in [5.41, 5.74) is 3.02. The van der Waals surface area contributed by atoms with Gasteiger partial charge in [0.25, 0.3) is 0 Å². The van der Waals surface area contributed by atoms with Gasteiger partial charge in [-0.15, -0.1) is 0 Å². The number of nitrogens with zero attached hydrogens (tertiary/aromatic N) is 2. The summed E-state index contributed by atoms with van der Waals surface area (Å²) in [5, 5.41) is 31.2. The lowest BCUT2D eigenvalue weighted by Gasteiger charge is -2.15. The van der Waals surface area contributed by atoms with Crippen LogP contribution in [0, 0.1) is 13.8 Å².